The summed E-state index contributed by atoms with van der Waals surface area (Å²) in [6.45, 7) is -0.221. The zero-order valence-electron chi connectivity index (χ0n) is 12.5. The Morgan fingerprint density at radius 3 is 2.87 bits per heavy atom. The number of hydrogen-bond donors (Lipinski definition) is 2. The number of carbonyl (C=O) groups excluding carboxylic acids is 2. The number of hydrogen-bond acceptors (Lipinski definition) is 4. The van der Waals surface area contributed by atoms with E-state index >= 15 is 0 Å². The molecule has 1 aromatic carbocycles. The fourth-order valence-corrected chi connectivity index (χ4v) is 2.51. The van der Waals surface area contributed by atoms with Gasteiger partial charge >= 0.3 is 5.97 Å². The maximum atomic E-state index is 13.3. The van der Waals surface area contributed by atoms with Crippen LogP contribution in [-0.4, -0.2) is 54.6 Å². The second-order valence-corrected chi connectivity index (χ2v) is 5.18. The maximum absolute atomic E-state index is 13.3. The van der Waals surface area contributed by atoms with Crippen molar-refractivity contribution in [2.75, 3.05) is 32.1 Å². The van der Waals surface area contributed by atoms with E-state index in [0.29, 0.717) is 5.56 Å². The third-order valence-electron chi connectivity index (χ3n) is 3.56. The SMILES string of the molecule is COCCN(CC(=O)O)C(=O)[C@@H]1CC(=O)Nc2cc(F)ccc21. The van der Waals surface area contributed by atoms with Crippen LogP contribution in [0.5, 0.6) is 0 Å². The molecule has 0 aromatic heterocycles. The first-order valence-electron chi connectivity index (χ1n) is 7.01. The number of nitrogens with one attached hydrogen (secondary N) is 1. The van der Waals surface area contributed by atoms with Gasteiger partial charge in [-0.1, -0.05) is 6.07 Å². The van der Waals surface area contributed by atoms with Gasteiger partial charge in [0.15, 0.2) is 0 Å². The molecule has 2 N–H and O–H groups in total. The van der Waals surface area contributed by atoms with Crippen LogP contribution in [0.1, 0.15) is 17.9 Å². The van der Waals surface area contributed by atoms with E-state index in [2.05, 4.69) is 5.32 Å². The second-order valence-electron chi connectivity index (χ2n) is 5.18. The van der Waals surface area contributed by atoms with Gasteiger partial charge in [-0.25, -0.2) is 4.39 Å². The number of amides is 2. The van der Waals surface area contributed by atoms with Gasteiger partial charge in [-0.2, -0.15) is 0 Å². The summed E-state index contributed by atoms with van der Waals surface area (Å²) in [6.07, 6.45) is -0.111. The van der Waals surface area contributed by atoms with Crippen LogP contribution < -0.4 is 5.32 Å². The predicted octanol–water partition coefficient (Wildman–Crippen LogP) is 0.811. The summed E-state index contributed by atoms with van der Waals surface area (Å²) in [5.41, 5.74) is 0.713. The van der Waals surface area contributed by atoms with Gasteiger partial charge in [0, 0.05) is 25.8 Å². The standard InChI is InChI=1S/C15H17FN2O5/c1-23-5-4-18(8-14(20)21)15(22)11-7-13(19)17-12-6-9(16)2-3-10(11)12/h2-3,6,11H,4-5,7-8H2,1H3,(H,17,19)(H,20,21)/t11-/m1/s1. The molecule has 1 aromatic rings. The molecule has 7 nitrogen and oxygen atoms in total. The lowest BCUT2D eigenvalue weighted by molar-refractivity contribution is -0.145. The average molecular weight is 324 g/mol. The number of carbonyl (C=O) groups is 3. The van der Waals surface area contributed by atoms with Crippen LogP contribution in [-0.2, 0) is 19.1 Å². The number of methoxy groups -OCH3 is 1. The smallest absolute Gasteiger partial charge is 0.323 e. The fourth-order valence-electron chi connectivity index (χ4n) is 2.51. The molecule has 0 spiro atoms. The van der Waals surface area contributed by atoms with Crippen molar-refractivity contribution < 1.29 is 28.6 Å². The minimum absolute atomic E-state index is 0.0935. The van der Waals surface area contributed by atoms with Gasteiger partial charge in [0.05, 0.1) is 12.5 Å². The molecule has 124 valence electrons. The molecule has 1 atom stereocenters. The van der Waals surface area contributed by atoms with Gasteiger partial charge in [-0.05, 0) is 17.7 Å². The highest BCUT2D eigenvalue weighted by molar-refractivity contribution is 6.01. The van der Waals surface area contributed by atoms with E-state index in [0.717, 1.165) is 11.0 Å². The van der Waals surface area contributed by atoms with E-state index in [1.54, 1.807) is 0 Å². The van der Waals surface area contributed by atoms with E-state index in [1.807, 2.05) is 0 Å². The molecule has 0 unspecified atom stereocenters. The van der Waals surface area contributed by atoms with Gasteiger partial charge < -0.3 is 20.1 Å². The van der Waals surface area contributed by atoms with Crippen LogP contribution >= 0.6 is 0 Å². The van der Waals surface area contributed by atoms with E-state index < -0.39 is 36.1 Å². The number of carboxylic acid groups (broad SMARTS) is 1. The Labute approximate surface area is 132 Å². The number of carboxylic acids is 1. The molecular formula is C15H17FN2O5. The molecule has 1 aliphatic rings. The summed E-state index contributed by atoms with van der Waals surface area (Å²) >= 11 is 0. The molecule has 0 saturated heterocycles. The van der Waals surface area contributed by atoms with Crippen molar-refractivity contribution in [3.05, 3.63) is 29.6 Å². The Morgan fingerprint density at radius 1 is 1.48 bits per heavy atom. The molecule has 0 radical (unpaired) electrons. The quantitative estimate of drug-likeness (QED) is 0.807. The molecule has 0 aliphatic carbocycles. The minimum Gasteiger partial charge on any atom is -0.480 e. The van der Waals surface area contributed by atoms with Crippen molar-refractivity contribution in [3.63, 3.8) is 0 Å². The number of rotatable bonds is 6. The number of halogens is 1. The number of benzene rings is 1. The molecule has 0 fully saturated rings. The summed E-state index contributed by atoms with van der Waals surface area (Å²) in [7, 11) is 1.44. The van der Waals surface area contributed by atoms with Crippen molar-refractivity contribution >= 4 is 23.5 Å². The highest BCUT2D eigenvalue weighted by Gasteiger charge is 2.34. The van der Waals surface area contributed by atoms with Gasteiger partial charge in [-0.15, -0.1) is 0 Å². The zero-order valence-corrected chi connectivity index (χ0v) is 12.5. The summed E-state index contributed by atoms with van der Waals surface area (Å²) < 4.78 is 18.2. The topological polar surface area (TPSA) is 95.9 Å². The molecule has 0 bridgehead atoms. The van der Waals surface area contributed by atoms with Crippen LogP contribution in [0.2, 0.25) is 0 Å². The van der Waals surface area contributed by atoms with Gasteiger partial charge in [-0.3, -0.25) is 14.4 Å². The largest absolute Gasteiger partial charge is 0.480 e. The Morgan fingerprint density at radius 2 is 2.22 bits per heavy atom. The first kappa shape index (κ1) is 16.9. The molecule has 23 heavy (non-hydrogen) atoms. The van der Waals surface area contributed by atoms with Crippen molar-refractivity contribution in [1.29, 1.82) is 0 Å². The Hall–Kier alpha value is -2.48. The lowest BCUT2D eigenvalue weighted by Crippen LogP contribution is -2.42. The van der Waals surface area contributed by atoms with Gasteiger partial charge in [0.1, 0.15) is 12.4 Å². The molecular weight excluding hydrogens is 307 g/mol. The molecule has 1 heterocycles. The third-order valence-corrected chi connectivity index (χ3v) is 3.56. The van der Waals surface area contributed by atoms with Gasteiger partial charge in [0.2, 0.25) is 11.8 Å². The fraction of sp³-hybridized carbons (Fsp3) is 0.400. The first-order chi connectivity index (χ1) is 10.9. The first-order valence-corrected chi connectivity index (χ1v) is 7.01. The third kappa shape index (κ3) is 4.04. The van der Waals surface area contributed by atoms with Crippen molar-refractivity contribution in [3.8, 4) is 0 Å². The maximum Gasteiger partial charge on any atom is 0.323 e. The number of aliphatic carboxylic acids is 1. The van der Waals surface area contributed by atoms with E-state index in [-0.39, 0.29) is 25.3 Å². The lowest BCUT2D eigenvalue weighted by Gasteiger charge is -2.29. The van der Waals surface area contributed by atoms with Crippen molar-refractivity contribution in [2.45, 2.75) is 12.3 Å². The lowest BCUT2D eigenvalue weighted by atomic mass is 9.89. The van der Waals surface area contributed by atoms with Crippen molar-refractivity contribution in [2.24, 2.45) is 0 Å². The Bertz CT molecular complexity index is 634. The van der Waals surface area contributed by atoms with Crippen LogP contribution in [0.4, 0.5) is 10.1 Å². The highest BCUT2D eigenvalue weighted by atomic mass is 19.1. The van der Waals surface area contributed by atoms with Gasteiger partial charge in [0.25, 0.3) is 0 Å². The van der Waals surface area contributed by atoms with E-state index in [9.17, 15) is 18.8 Å². The Balaban J connectivity index is 2.29. The number of anilines is 1. The highest BCUT2D eigenvalue weighted by Crippen LogP contribution is 2.34. The normalized spacial score (nSPS) is 16.4. The molecule has 2 amide bonds. The Kier molecular flexibility index (Phi) is 5.28. The minimum atomic E-state index is -1.16. The van der Waals surface area contributed by atoms with E-state index in [4.69, 9.17) is 9.84 Å². The van der Waals surface area contributed by atoms with Crippen molar-refractivity contribution in [1.82, 2.24) is 4.90 Å². The van der Waals surface area contributed by atoms with Crippen LogP contribution in [0.25, 0.3) is 0 Å². The number of nitrogens with zero attached hydrogens (tertiary/aromatic N) is 1. The molecule has 0 saturated carbocycles. The summed E-state index contributed by atoms with van der Waals surface area (Å²) in [4.78, 5) is 36.5. The zero-order chi connectivity index (χ0) is 17.0. The number of ether oxygens (including phenoxy) is 1. The second kappa shape index (κ2) is 7.19. The summed E-state index contributed by atoms with van der Waals surface area (Å²) in [5, 5.41) is 11.5. The summed E-state index contributed by atoms with van der Waals surface area (Å²) in [5.74, 6) is -3.43. The molecule has 2 rings (SSSR count). The average Bonchev–Trinajstić information content (AvgIpc) is 2.49. The van der Waals surface area contributed by atoms with Crippen LogP contribution in [0.15, 0.2) is 18.2 Å². The van der Waals surface area contributed by atoms with Crippen LogP contribution in [0, 0.1) is 5.82 Å². The summed E-state index contributed by atoms with van der Waals surface area (Å²) in [6, 6.07) is 3.78. The molecule has 8 heteroatoms. The number of fused-ring (bicyclic) bond motifs is 1. The molecule has 1 aliphatic heterocycles. The van der Waals surface area contributed by atoms with Crippen LogP contribution in [0.3, 0.4) is 0 Å². The monoisotopic (exact) mass is 324 g/mol. The van der Waals surface area contributed by atoms with E-state index in [1.165, 1.54) is 19.2 Å². The predicted molar refractivity (Wildman–Crippen MR) is 78.5 cm³/mol.